The van der Waals surface area contributed by atoms with Crippen molar-refractivity contribution >= 4 is 10.8 Å². The number of benzene rings is 2. The second-order valence-electron chi connectivity index (χ2n) is 4.45. The van der Waals surface area contributed by atoms with Crippen molar-refractivity contribution in [2.45, 2.75) is 6.36 Å². The Bertz CT molecular complexity index is 761. The van der Waals surface area contributed by atoms with Crippen molar-refractivity contribution in [2.24, 2.45) is 0 Å². The van der Waals surface area contributed by atoms with Crippen molar-refractivity contribution in [3.8, 4) is 17.0 Å². The molecule has 0 atom stereocenters. The van der Waals surface area contributed by atoms with Gasteiger partial charge in [-0.1, -0.05) is 24.3 Å². The highest BCUT2D eigenvalue weighted by Crippen LogP contribution is 2.29. The van der Waals surface area contributed by atoms with Crippen LogP contribution in [0.15, 0.2) is 60.8 Å². The van der Waals surface area contributed by atoms with Crippen molar-refractivity contribution in [1.29, 1.82) is 0 Å². The average molecular weight is 289 g/mol. The highest BCUT2D eigenvalue weighted by Gasteiger charge is 2.30. The second-order valence-corrected chi connectivity index (χ2v) is 4.45. The first-order valence-corrected chi connectivity index (χ1v) is 6.23. The fraction of sp³-hybridized carbons (Fsp3) is 0.0625. The number of alkyl halides is 3. The Balaban J connectivity index is 2.00. The number of hydrogen-bond donors (Lipinski definition) is 0. The summed E-state index contributed by atoms with van der Waals surface area (Å²) in [6, 6.07) is 15.3. The number of nitrogens with zero attached hydrogens (tertiary/aromatic N) is 1. The first-order valence-electron chi connectivity index (χ1n) is 6.23. The summed E-state index contributed by atoms with van der Waals surface area (Å²) in [6.07, 6.45) is -3.00. The monoisotopic (exact) mass is 289 g/mol. The highest BCUT2D eigenvalue weighted by molar-refractivity contribution is 5.94. The molecule has 0 bridgehead atoms. The number of fused-ring (bicyclic) bond motifs is 1. The van der Waals surface area contributed by atoms with Crippen LogP contribution < -0.4 is 4.74 Å². The molecule has 0 aliphatic carbocycles. The van der Waals surface area contributed by atoms with E-state index in [0.29, 0.717) is 0 Å². The number of rotatable bonds is 2. The van der Waals surface area contributed by atoms with Gasteiger partial charge < -0.3 is 4.74 Å². The van der Waals surface area contributed by atoms with E-state index >= 15 is 0 Å². The molecule has 0 N–H and O–H groups in total. The lowest BCUT2D eigenvalue weighted by atomic mass is 10.0. The molecule has 21 heavy (non-hydrogen) atoms. The van der Waals surface area contributed by atoms with Crippen molar-refractivity contribution in [3.05, 3.63) is 60.8 Å². The van der Waals surface area contributed by atoms with Crippen LogP contribution in [0.3, 0.4) is 0 Å². The fourth-order valence-electron chi connectivity index (χ4n) is 2.16. The molecule has 1 aromatic heterocycles. The van der Waals surface area contributed by atoms with Gasteiger partial charge in [-0.3, -0.25) is 4.98 Å². The van der Waals surface area contributed by atoms with Crippen LogP contribution in [-0.4, -0.2) is 11.3 Å². The van der Waals surface area contributed by atoms with E-state index in [4.69, 9.17) is 0 Å². The molecule has 0 saturated carbocycles. The lowest BCUT2D eigenvalue weighted by molar-refractivity contribution is -0.274. The van der Waals surface area contributed by atoms with E-state index in [-0.39, 0.29) is 5.75 Å². The van der Waals surface area contributed by atoms with Gasteiger partial charge >= 0.3 is 6.36 Å². The molecular weight excluding hydrogens is 279 g/mol. The van der Waals surface area contributed by atoms with Crippen molar-refractivity contribution in [2.75, 3.05) is 0 Å². The van der Waals surface area contributed by atoms with E-state index in [1.54, 1.807) is 18.3 Å². The Morgan fingerprint density at radius 1 is 0.857 bits per heavy atom. The minimum absolute atomic E-state index is 0.244. The summed E-state index contributed by atoms with van der Waals surface area (Å²) in [4.78, 5) is 4.32. The Kier molecular flexibility index (Phi) is 3.25. The molecule has 2 aromatic carbocycles. The smallest absolute Gasteiger partial charge is 0.406 e. The van der Waals surface area contributed by atoms with Gasteiger partial charge in [0.1, 0.15) is 5.75 Å². The van der Waals surface area contributed by atoms with E-state index in [0.717, 1.165) is 22.0 Å². The zero-order chi connectivity index (χ0) is 14.9. The molecule has 0 aliphatic heterocycles. The summed E-state index contributed by atoms with van der Waals surface area (Å²) in [6.45, 7) is 0. The van der Waals surface area contributed by atoms with Crippen LogP contribution in [-0.2, 0) is 0 Å². The van der Waals surface area contributed by atoms with Gasteiger partial charge in [0.2, 0.25) is 0 Å². The van der Waals surface area contributed by atoms with E-state index in [1.807, 2.05) is 30.3 Å². The molecule has 0 fully saturated rings. The summed E-state index contributed by atoms with van der Waals surface area (Å²) in [5, 5.41) is 1.97. The topological polar surface area (TPSA) is 22.1 Å². The first kappa shape index (κ1) is 13.4. The first-order chi connectivity index (χ1) is 10.0. The zero-order valence-corrected chi connectivity index (χ0v) is 10.8. The molecule has 2 nitrogen and oxygen atoms in total. The minimum atomic E-state index is -4.68. The van der Waals surface area contributed by atoms with Crippen LogP contribution in [0, 0.1) is 0 Å². The normalized spacial score (nSPS) is 11.6. The van der Waals surface area contributed by atoms with E-state index in [1.165, 1.54) is 12.1 Å². The van der Waals surface area contributed by atoms with Crippen LogP contribution in [0.1, 0.15) is 0 Å². The molecule has 106 valence electrons. The van der Waals surface area contributed by atoms with Crippen molar-refractivity contribution in [3.63, 3.8) is 0 Å². The van der Waals surface area contributed by atoms with Crippen molar-refractivity contribution in [1.82, 2.24) is 4.98 Å². The van der Waals surface area contributed by atoms with Crippen molar-refractivity contribution < 1.29 is 17.9 Å². The molecule has 5 heteroatoms. The number of pyridine rings is 1. The maximum atomic E-state index is 12.1. The number of hydrogen-bond acceptors (Lipinski definition) is 2. The number of halogens is 3. The molecule has 0 aliphatic rings. The van der Waals surface area contributed by atoms with Crippen LogP contribution in [0.5, 0.6) is 5.75 Å². The molecular formula is C16H10F3NO. The molecule has 0 spiro atoms. The molecule has 3 aromatic rings. The highest BCUT2D eigenvalue weighted by atomic mass is 19.4. The van der Waals surface area contributed by atoms with Gasteiger partial charge in [0.15, 0.2) is 0 Å². The Morgan fingerprint density at radius 2 is 1.57 bits per heavy atom. The second kappa shape index (κ2) is 5.09. The lowest BCUT2D eigenvalue weighted by Crippen LogP contribution is -2.16. The predicted molar refractivity (Wildman–Crippen MR) is 73.9 cm³/mol. The molecule has 3 rings (SSSR count). The quantitative estimate of drug-likeness (QED) is 0.676. The van der Waals surface area contributed by atoms with Gasteiger partial charge in [-0.05, 0) is 35.7 Å². The van der Waals surface area contributed by atoms with Gasteiger partial charge in [-0.15, -0.1) is 13.2 Å². The third-order valence-corrected chi connectivity index (χ3v) is 3.03. The minimum Gasteiger partial charge on any atom is -0.406 e. The molecule has 0 radical (unpaired) electrons. The van der Waals surface area contributed by atoms with E-state index in [2.05, 4.69) is 9.72 Å². The SMILES string of the molecule is FC(F)(F)Oc1ccc(-c2nccc3ccccc23)cc1. The van der Waals surface area contributed by atoms with Gasteiger partial charge in [0.05, 0.1) is 5.69 Å². The van der Waals surface area contributed by atoms with E-state index in [9.17, 15) is 13.2 Å². The summed E-state index contributed by atoms with van der Waals surface area (Å²) < 4.78 is 40.3. The van der Waals surface area contributed by atoms with Gasteiger partial charge in [-0.2, -0.15) is 0 Å². The summed E-state index contributed by atoms with van der Waals surface area (Å²) >= 11 is 0. The molecule has 0 saturated heterocycles. The third kappa shape index (κ3) is 2.97. The van der Waals surface area contributed by atoms with Gasteiger partial charge in [0.25, 0.3) is 0 Å². The van der Waals surface area contributed by atoms with Crippen LogP contribution in [0.4, 0.5) is 13.2 Å². The van der Waals surface area contributed by atoms with Crippen LogP contribution >= 0.6 is 0 Å². The summed E-state index contributed by atoms with van der Waals surface area (Å²) in [5.74, 6) is -0.244. The lowest BCUT2D eigenvalue weighted by Gasteiger charge is -2.10. The van der Waals surface area contributed by atoms with Gasteiger partial charge in [-0.25, -0.2) is 0 Å². The summed E-state index contributed by atoms with van der Waals surface area (Å²) in [7, 11) is 0. The van der Waals surface area contributed by atoms with Crippen LogP contribution in [0.2, 0.25) is 0 Å². The zero-order valence-electron chi connectivity index (χ0n) is 10.8. The van der Waals surface area contributed by atoms with Crippen LogP contribution in [0.25, 0.3) is 22.0 Å². The Hall–Kier alpha value is -2.56. The molecule has 0 amide bonds. The standard InChI is InChI=1S/C16H10F3NO/c17-16(18,19)21-13-7-5-12(6-8-13)15-14-4-2-1-3-11(14)9-10-20-15/h1-10H. The molecule has 1 heterocycles. The maximum Gasteiger partial charge on any atom is 0.573 e. The fourth-order valence-corrected chi connectivity index (χ4v) is 2.16. The molecule has 0 unspecified atom stereocenters. The Labute approximate surface area is 118 Å². The van der Waals surface area contributed by atoms with E-state index < -0.39 is 6.36 Å². The summed E-state index contributed by atoms with van der Waals surface area (Å²) in [5.41, 5.74) is 1.47. The third-order valence-electron chi connectivity index (χ3n) is 3.03. The largest absolute Gasteiger partial charge is 0.573 e. The maximum absolute atomic E-state index is 12.1. The number of aromatic nitrogens is 1. The predicted octanol–water partition coefficient (Wildman–Crippen LogP) is 4.80. The Morgan fingerprint density at radius 3 is 2.29 bits per heavy atom. The average Bonchev–Trinajstić information content (AvgIpc) is 2.46. The number of ether oxygens (including phenoxy) is 1. The van der Waals surface area contributed by atoms with Gasteiger partial charge in [0, 0.05) is 17.1 Å².